The number of benzene rings is 1. The van der Waals surface area contributed by atoms with E-state index in [0.717, 1.165) is 12.8 Å². The van der Waals surface area contributed by atoms with Crippen LogP contribution < -0.4 is 10.5 Å². The van der Waals surface area contributed by atoms with E-state index in [9.17, 15) is 9.59 Å². The predicted octanol–water partition coefficient (Wildman–Crippen LogP) is 0.812. The van der Waals surface area contributed by atoms with Crippen molar-refractivity contribution >= 4 is 17.6 Å². The maximum Gasteiger partial charge on any atom is 0.344 e. The third-order valence-electron chi connectivity index (χ3n) is 3.11. The van der Waals surface area contributed by atoms with Crippen LogP contribution in [-0.4, -0.2) is 43.1 Å². The monoisotopic (exact) mass is 278 g/mol. The number of carbonyl (C=O) groups excluding carboxylic acids is 2. The maximum absolute atomic E-state index is 11.6. The number of anilines is 1. The highest BCUT2D eigenvalue weighted by atomic mass is 16.6. The summed E-state index contributed by atoms with van der Waals surface area (Å²) in [5, 5.41) is 0. The SMILES string of the molecule is CN(C(=O)COC(=O)COc1ccccc1N)C1CC1. The number of nitrogens with zero attached hydrogens (tertiary/aromatic N) is 1. The molecule has 0 heterocycles. The van der Waals surface area contributed by atoms with E-state index in [0.29, 0.717) is 17.5 Å². The largest absolute Gasteiger partial charge is 0.480 e. The Balaban J connectivity index is 1.70. The van der Waals surface area contributed by atoms with Crippen molar-refractivity contribution in [3.63, 3.8) is 0 Å². The fourth-order valence-electron chi connectivity index (χ4n) is 1.70. The second-order valence-electron chi connectivity index (χ2n) is 4.72. The van der Waals surface area contributed by atoms with Gasteiger partial charge in [0.05, 0.1) is 5.69 Å². The molecule has 0 aliphatic heterocycles. The first-order chi connectivity index (χ1) is 9.58. The third-order valence-corrected chi connectivity index (χ3v) is 3.11. The van der Waals surface area contributed by atoms with E-state index >= 15 is 0 Å². The van der Waals surface area contributed by atoms with Gasteiger partial charge >= 0.3 is 5.97 Å². The first kappa shape index (κ1) is 14.2. The van der Waals surface area contributed by atoms with Crippen LogP contribution in [0.15, 0.2) is 24.3 Å². The molecule has 1 aromatic rings. The number of nitrogen functional groups attached to an aromatic ring is 1. The standard InChI is InChI=1S/C14H18N2O4/c1-16(10-6-7-10)13(17)8-20-14(18)9-19-12-5-3-2-4-11(12)15/h2-5,10H,6-9,15H2,1H3. The van der Waals surface area contributed by atoms with Crippen LogP contribution >= 0.6 is 0 Å². The van der Waals surface area contributed by atoms with Gasteiger partial charge in [0.2, 0.25) is 0 Å². The van der Waals surface area contributed by atoms with Crippen LogP contribution in [0.25, 0.3) is 0 Å². The normalized spacial score (nSPS) is 13.7. The van der Waals surface area contributed by atoms with Gasteiger partial charge in [0.15, 0.2) is 13.2 Å². The molecule has 6 heteroatoms. The summed E-state index contributed by atoms with van der Waals surface area (Å²) in [5.41, 5.74) is 6.12. The topological polar surface area (TPSA) is 81.9 Å². The summed E-state index contributed by atoms with van der Waals surface area (Å²) >= 11 is 0. The molecule has 0 unspecified atom stereocenters. The fourth-order valence-corrected chi connectivity index (χ4v) is 1.70. The summed E-state index contributed by atoms with van der Waals surface area (Å²) < 4.78 is 10.1. The zero-order valence-electron chi connectivity index (χ0n) is 11.4. The van der Waals surface area contributed by atoms with E-state index in [1.807, 2.05) is 0 Å². The average molecular weight is 278 g/mol. The van der Waals surface area contributed by atoms with E-state index in [4.69, 9.17) is 15.2 Å². The zero-order valence-corrected chi connectivity index (χ0v) is 11.4. The molecule has 1 aliphatic carbocycles. The summed E-state index contributed by atoms with van der Waals surface area (Å²) in [7, 11) is 1.72. The van der Waals surface area contributed by atoms with Crippen LogP contribution in [-0.2, 0) is 14.3 Å². The summed E-state index contributed by atoms with van der Waals surface area (Å²) in [4.78, 5) is 24.7. The molecule has 0 atom stereocenters. The number of ether oxygens (including phenoxy) is 2. The number of carbonyl (C=O) groups is 2. The molecule has 0 radical (unpaired) electrons. The minimum Gasteiger partial charge on any atom is -0.480 e. The third kappa shape index (κ3) is 3.88. The minimum absolute atomic E-state index is 0.194. The molecule has 0 bridgehead atoms. The molecule has 0 spiro atoms. The molecule has 20 heavy (non-hydrogen) atoms. The maximum atomic E-state index is 11.6. The molecule has 2 N–H and O–H groups in total. The Hall–Kier alpha value is -2.24. The molecule has 1 amide bonds. The lowest BCUT2D eigenvalue weighted by atomic mass is 10.3. The lowest BCUT2D eigenvalue weighted by Gasteiger charge is -2.16. The van der Waals surface area contributed by atoms with Crippen molar-refractivity contribution in [1.29, 1.82) is 0 Å². The Bertz CT molecular complexity index is 500. The molecule has 0 aromatic heterocycles. The van der Waals surface area contributed by atoms with Crippen molar-refractivity contribution in [2.45, 2.75) is 18.9 Å². The average Bonchev–Trinajstić information content (AvgIpc) is 3.27. The van der Waals surface area contributed by atoms with E-state index in [2.05, 4.69) is 0 Å². The Labute approximate surface area is 117 Å². The van der Waals surface area contributed by atoms with Crippen molar-refractivity contribution in [2.75, 3.05) is 26.0 Å². The highest BCUT2D eigenvalue weighted by molar-refractivity contribution is 5.81. The highest BCUT2D eigenvalue weighted by Gasteiger charge is 2.29. The Morgan fingerprint density at radius 3 is 2.65 bits per heavy atom. The first-order valence-corrected chi connectivity index (χ1v) is 6.46. The minimum atomic E-state index is -0.592. The van der Waals surface area contributed by atoms with Crippen LogP contribution in [0.4, 0.5) is 5.69 Å². The lowest BCUT2D eigenvalue weighted by molar-refractivity contribution is -0.153. The van der Waals surface area contributed by atoms with Crippen molar-refractivity contribution in [3.05, 3.63) is 24.3 Å². The van der Waals surface area contributed by atoms with Crippen molar-refractivity contribution in [3.8, 4) is 5.75 Å². The van der Waals surface area contributed by atoms with Crippen LogP contribution in [0.1, 0.15) is 12.8 Å². The Kier molecular flexibility index (Phi) is 4.45. The van der Waals surface area contributed by atoms with Gasteiger partial charge in [-0.25, -0.2) is 4.79 Å². The second kappa shape index (κ2) is 6.27. The smallest absolute Gasteiger partial charge is 0.344 e. The van der Waals surface area contributed by atoms with E-state index in [-0.39, 0.29) is 19.1 Å². The van der Waals surface area contributed by atoms with E-state index in [1.54, 1.807) is 36.2 Å². The van der Waals surface area contributed by atoms with Crippen molar-refractivity contribution in [2.24, 2.45) is 0 Å². The van der Waals surface area contributed by atoms with Gasteiger partial charge in [-0.2, -0.15) is 0 Å². The molecule has 1 aliphatic rings. The van der Waals surface area contributed by atoms with Gasteiger partial charge in [-0.3, -0.25) is 4.79 Å². The van der Waals surface area contributed by atoms with Gasteiger partial charge in [0.25, 0.3) is 5.91 Å². The Morgan fingerprint density at radius 2 is 2.00 bits per heavy atom. The van der Waals surface area contributed by atoms with Crippen molar-refractivity contribution in [1.82, 2.24) is 4.90 Å². The number of hydrogen-bond acceptors (Lipinski definition) is 5. The zero-order chi connectivity index (χ0) is 14.5. The number of para-hydroxylation sites is 2. The number of rotatable bonds is 6. The van der Waals surface area contributed by atoms with Gasteiger partial charge in [-0.1, -0.05) is 12.1 Å². The van der Waals surface area contributed by atoms with Gasteiger partial charge in [0.1, 0.15) is 5.75 Å². The summed E-state index contributed by atoms with van der Waals surface area (Å²) in [6.07, 6.45) is 2.04. The molecular formula is C14H18N2O4. The highest BCUT2D eigenvalue weighted by Crippen LogP contribution is 2.25. The number of likely N-dealkylation sites (N-methyl/N-ethyl adjacent to an activating group) is 1. The van der Waals surface area contributed by atoms with Gasteiger partial charge in [-0.15, -0.1) is 0 Å². The fraction of sp³-hybridized carbons (Fsp3) is 0.429. The summed E-state index contributed by atoms with van der Waals surface area (Å²) in [5.74, 6) is -0.364. The molecule has 1 fully saturated rings. The van der Waals surface area contributed by atoms with Gasteiger partial charge < -0.3 is 20.1 Å². The molecule has 0 saturated heterocycles. The first-order valence-electron chi connectivity index (χ1n) is 6.46. The number of esters is 1. The molecule has 1 saturated carbocycles. The van der Waals surface area contributed by atoms with Crippen LogP contribution in [0.2, 0.25) is 0 Å². The van der Waals surface area contributed by atoms with Crippen LogP contribution in [0.5, 0.6) is 5.75 Å². The number of hydrogen-bond donors (Lipinski definition) is 1. The summed E-state index contributed by atoms with van der Waals surface area (Å²) in [6.45, 7) is -0.520. The predicted molar refractivity (Wildman–Crippen MR) is 73.1 cm³/mol. The lowest BCUT2D eigenvalue weighted by Crippen LogP contribution is -2.33. The Morgan fingerprint density at radius 1 is 1.30 bits per heavy atom. The molecule has 2 rings (SSSR count). The molecule has 108 valence electrons. The summed E-state index contributed by atoms with van der Waals surface area (Å²) in [6, 6.07) is 7.17. The van der Waals surface area contributed by atoms with E-state index < -0.39 is 5.97 Å². The van der Waals surface area contributed by atoms with Crippen LogP contribution in [0, 0.1) is 0 Å². The van der Waals surface area contributed by atoms with Gasteiger partial charge in [0, 0.05) is 13.1 Å². The molecule has 6 nitrogen and oxygen atoms in total. The molecule has 1 aromatic carbocycles. The quantitative estimate of drug-likeness (QED) is 0.615. The molecular weight excluding hydrogens is 260 g/mol. The number of nitrogens with two attached hydrogens (primary N) is 1. The second-order valence-corrected chi connectivity index (χ2v) is 4.72. The van der Waals surface area contributed by atoms with Crippen molar-refractivity contribution < 1.29 is 19.1 Å². The van der Waals surface area contributed by atoms with E-state index in [1.165, 1.54) is 0 Å². The van der Waals surface area contributed by atoms with Gasteiger partial charge in [-0.05, 0) is 25.0 Å². The number of amides is 1. The van der Waals surface area contributed by atoms with Crippen LogP contribution in [0.3, 0.4) is 0 Å².